The zero-order chi connectivity index (χ0) is 26.8. The first-order valence-corrected chi connectivity index (χ1v) is 13.3. The molecule has 2 aromatic rings. The van der Waals surface area contributed by atoms with Gasteiger partial charge in [-0.3, -0.25) is 10.2 Å². The van der Waals surface area contributed by atoms with Crippen molar-refractivity contribution in [2.45, 2.75) is 69.6 Å². The fourth-order valence-corrected chi connectivity index (χ4v) is 5.50. The number of morpholine rings is 1. The van der Waals surface area contributed by atoms with Gasteiger partial charge in [-0.2, -0.15) is 0 Å². The number of halogens is 2. The third kappa shape index (κ3) is 6.37. The van der Waals surface area contributed by atoms with Crippen LogP contribution in [0, 0.1) is 5.82 Å². The number of amides is 1. The highest BCUT2D eigenvalue weighted by Gasteiger charge is 2.58. The Balaban J connectivity index is 1.42. The number of fused-ring (bicyclic) bond motifs is 1. The molecule has 2 saturated heterocycles. The monoisotopic (exact) mass is 548 g/mol. The molecule has 5 rings (SSSR count). The molecule has 3 fully saturated rings. The highest BCUT2D eigenvalue weighted by atomic mass is 35.5. The van der Waals surface area contributed by atoms with Crippen molar-refractivity contribution in [1.82, 2.24) is 10.4 Å². The maximum atomic E-state index is 14.5. The van der Waals surface area contributed by atoms with E-state index in [-0.39, 0.29) is 37.8 Å². The van der Waals surface area contributed by atoms with Gasteiger partial charge >= 0.3 is 0 Å². The SMILES string of the molecule is CC1(C)O[C@@H]2C[C@@](OCc3ccccc3F)(C(=O)NN3CCOCC3)CC(OCc3cccc(Cl)c3)[C@@H]2O1. The second-order valence-electron chi connectivity index (χ2n) is 10.4. The molecule has 0 radical (unpaired) electrons. The van der Waals surface area contributed by atoms with Gasteiger partial charge in [0.05, 0.1) is 38.6 Å². The van der Waals surface area contributed by atoms with Crippen molar-refractivity contribution in [2.75, 3.05) is 26.3 Å². The first-order valence-electron chi connectivity index (χ1n) is 13.0. The minimum absolute atomic E-state index is 0.0775. The Bertz CT molecular complexity index is 1130. The van der Waals surface area contributed by atoms with E-state index in [9.17, 15) is 9.18 Å². The third-order valence-corrected chi connectivity index (χ3v) is 7.38. The number of ether oxygens (including phenoxy) is 5. The minimum Gasteiger partial charge on any atom is -0.379 e. The Kier molecular flexibility index (Phi) is 8.35. The molecule has 1 unspecified atom stereocenters. The molecule has 8 nitrogen and oxygen atoms in total. The van der Waals surface area contributed by atoms with Gasteiger partial charge in [0.15, 0.2) is 11.4 Å². The van der Waals surface area contributed by atoms with E-state index in [1.54, 1.807) is 24.3 Å². The molecule has 3 aliphatic rings. The standard InChI is InChI=1S/C28H34ClFN2O6/c1-27(2)37-24-16-28(26(33)31-32-10-12-34-13-11-32,36-18-20-7-3-4-9-22(20)30)15-23(25(24)38-27)35-17-19-6-5-8-21(29)14-19/h3-9,14,23-25H,10-13,15-18H2,1-2H3,(H,31,33)/t23?,24-,25+,28-/m1/s1. The van der Waals surface area contributed by atoms with Crippen LogP contribution in [0.2, 0.25) is 5.02 Å². The van der Waals surface area contributed by atoms with Crippen LogP contribution in [0.4, 0.5) is 4.39 Å². The van der Waals surface area contributed by atoms with Gasteiger partial charge in [-0.1, -0.05) is 41.9 Å². The van der Waals surface area contributed by atoms with Gasteiger partial charge in [-0.25, -0.2) is 9.40 Å². The van der Waals surface area contributed by atoms with E-state index < -0.39 is 29.7 Å². The minimum atomic E-state index is -1.34. The van der Waals surface area contributed by atoms with Crippen molar-refractivity contribution < 1.29 is 32.9 Å². The molecule has 10 heteroatoms. The molecule has 1 aliphatic carbocycles. The van der Waals surface area contributed by atoms with Crippen molar-refractivity contribution in [1.29, 1.82) is 0 Å². The maximum absolute atomic E-state index is 14.5. The zero-order valence-electron chi connectivity index (χ0n) is 21.7. The number of nitrogens with zero attached hydrogens (tertiary/aromatic N) is 1. The van der Waals surface area contributed by atoms with E-state index >= 15 is 0 Å². The number of nitrogens with one attached hydrogen (secondary N) is 1. The molecule has 1 amide bonds. The van der Waals surface area contributed by atoms with Crippen LogP contribution < -0.4 is 5.43 Å². The van der Waals surface area contributed by atoms with Crippen LogP contribution in [0.1, 0.15) is 37.8 Å². The lowest BCUT2D eigenvalue weighted by molar-refractivity contribution is -0.188. The summed E-state index contributed by atoms with van der Waals surface area (Å²) in [6.45, 7) is 6.03. The molecule has 0 aromatic heterocycles. The fraction of sp³-hybridized carbons (Fsp3) is 0.536. The summed E-state index contributed by atoms with van der Waals surface area (Å²) in [5.74, 6) is -1.56. The van der Waals surface area contributed by atoms with Gasteiger partial charge in [0.1, 0.15) is 11.9 Å². The quantitative estimate of drug-likeness (QED) is 0.534. The first-order chi connectivity index (χ1) is 18.2. The predicted octanol–water partition coefficient (Wildman–Crippen LogP) is 4.00. The molecule has 2 aliphatic heterocycles. The third-order valence-electron chi connectivity index (χ3n) is 7.15. The highest BCUT2D eigenvalue weighted by molar-refractivity contribution is 6.30. The van der Waals surface area contributed by atoms with Crippen LogP contribution in [0.3, 0.4) is 0 Å². The summed E-state index contributed by atoms with van der Waals surface area (Å²) in [6.07, 6.45) is -0.933. The molecule has 206 valence electrons. The van der Waals surface area contributed by atoms with E-state index in [0.29, 0.717) is 36.9 Å². The van der Waals surface area contributed by atoms with E-state index in [4.69, 9.17) is 35.3 Å². The van der Waals surface area contributed by atoms with Gasteiger partial charge in [0.25, 0.3) is 5.91 Å². The van der Waals surface area contributed by atoms with Crippen LogP contribution in [0.25, 0.3) is 0 Å². The number of carbonyl (C=O) groups is 1. The number of rotatable bonds is 8. The van der Waals surface area contributed by atoms with Crippen molar-refractivity contribution in [3.05, 3.63) is 70.5 Å². The lowest BCUT2D eigenvalue weighted by Gasteiger charge is -2.44. The predicted molar refractivity (Wildman–Crippen MR) is 138 cm³/mol. The number of benzene rings is 2. The van der Waals surface area contributed by atoms with Crippen LogP contribution in [-0.4, -0.2) is 66.9 Å². The van der Waals surface area contributed by atoms with Crippen LogP contribution >= 0.6 is 11.6 Å². The van der Waals surface area contributed by atoms with Crippen LogP contribution in [0.5, 0.6) is 0 Å². The molecule has 1 N–H and O–H groups in total. The second-order valence-corrected chi connectivity index (χ2v) is 10.9. The summed E-state index contributed by atoms with van der Waals surface area (Å²) >= 11 is 6.17. The number of hydrogen-bond donors (Lipinski definition) is 1. The summed E-state index contributed by atoms with van der Waals surface area (Å²) in [5.41, 5.74) is 2.93. The Morgan fingerprint density at radius 3 is 2.66 bits per heavy atom. The normalized spacial score (nSPS) is 29.1. The Hall–Kier alpha value is -2.11. The molecular formula is C28H34ClFN2O6. The largest absolute Gasteiger partial charge is 0.379 e. The smallest absolute Gasteiger partial charge is 0.266 e. The van der Waals surface area contributed by atoms with Gasteiger partial charge in [0, 0.05) is 36.5 Å². The Morgan fingerprint density at radius 1 is 1.11 bits per heavy atom. The lowest BCUT2D eigenvalue weighted by Crippen LogP contribution is -2.63. The van der Waals surface area contributed by atoms with E-state index in [1.807, 2.05) is 37.1 Å². The summed E-state index contributed by atoms with van der Waals surface area (Å²) in [5, 5.41) is 2.44. The van der Waals surface area contributed by atoms with Crippen molar-refractivity contribution in [3.63, 3.8) is 0 Å². The highest BCUT2D eigenvalue weighted by Crippen LogP contribution is 2.44. The molecular weight excluding hydrogens is 515 g/mol. The van der Waals surface area contributed by atoms with Crippen molar-refractivity contribution in [3.8, 4) is 0 Å². The summed E-state index contributed by atoms with van der Waals surface area (Å²) in [4.78, 5) is 13.9. The number of carbonyl (C=O) groups excluding carboxylic acids is 1. The molecule has 0 spiro atoms. The van der Waals surface area contributed by atoms with E-state index in [2.05, 4.69) is 5.43 Å². The maximum Gasteiger partial charge on any atom is 0.266 e. The van der Waals surface area contributed by atoms with E-state index in [0.717, 1.165) is 5.56 Å². The van der Waals surface area contributed by atoms with Gasteiger partial charge < -0.3 is 23.7 Å². The Morgan fingerprint density at radius 2 is 1.89 bits per heavy atom. The fourth-order valence-electron chi connectivity index (χ4n) is 5.29. The molecule has 0 bridgehead atoms. The summed E-state index contributed by atoms with van der Waals surface area (Å²) in [7, 11) is 0. The van der Waals surface area contributed by atoms with Crippen molar-refractivity contribution in [2.24, 2.45) is 0 Å². The average molecular weight is 549 g/mol. The Labute approximate surface area is 227 Å². The first kappa shape index (κ1) is 27.5. The summed E-state index contributed by atoms with van der Waals surface area (Å²) in [6, 6.07) is 13.8. The van der Waals surface area contributed by atoms with Crippen LogP contribution in [-0.2, 0) is 41.7 Å². The molecule has 1 saturated carbocycles. The summed E-state index contributed by atoms with van der Waals surface area (Å²) < 4.78 is 45.1. The van der Waals surface area contributed by atoms with Gasteiger partial charge in [-0.05, 0) is 37.6 Å². The van der Waals surface area contributed by atoms with E-state index in [1.165, 1.54) is 6.07 Å². The number of hydrogen-bond acceptors (Lipinski definition) is 7. The zero-order valence-corrected chi connectivity index (χ0v) is 22.4. The molecule has 38 heavy (non-hydrogen) atoms. The number of hydrazine groups is 1. The lowest BCUT2D eigenvalue weighted by atomic mass is 9.78. The average Bonchev–Trinajstić information content (AvgIpc) is 3.21. The van der Waals surface area contributed by atoms with Crippen molar-refractivity contribution >= 4 is 17.5 Å². The van der Waals surface area contributed by atoms with Gasteiger partial charge in [0.2, 0.25) is 0 Å². The second kappa shape index (κ2) is 11.6. The molecule has 2 heterocycles. The molecule has 2 aromatic carbocycles. The van der Waals surface area contributed by atoms with Gasteiger partial charge in [-0.15, -0.1) is 0 Å². The van der Waals surface area contributed by atoms with Crippen LogP contribution in [0.15, 0.2) is 48.5 Å². The topological polar surface area (TPSA) is 78.5 Å². The molecule has 4 atom stereocenters.